The number of hydrogen-bond donors (Lipinski definition) is 0. The minimum absolute atomic E-state index is 0.610. The summed E-state index contributed by atoms with van der Waals surface area (Å²) in [4.78, 5) is 9.05. The van der Waals surface area contributed by atoms with Crippen molar-refractivity contribution < 1.29 is 0 Å². The maximum absolute atomic E-state index is 6.00. The van der Waals surface area contributed by atoms with Crippen LogP contribution in [-0.4, -0.2) is 9.97 Å². The molecule has 1 heterocycles. The third kappa shape index (κ3) is 2.36. The van der Waals surface area contributed by atoms with Crippen molar-refractivity contribution in [3.63, 3.8) is 0 Å². The van der Waals surface area contributed by atoms with E-state index < -0.39 is 0 Å². The molecule has 0 saturated heterocycles. The Bertz CT molecular complexity index is 576. The molecular weight excluding hydrogens is 267 g/mol. The number of halogens is 2. The van der Waals surface area contributed by atoms with Crippen LogP contribution in [0.5, 0.6) is 0 Å². The monoisotopic (exact) mass is 278 g/mol. The zero-order valence-corrected chi connectivity index (χ0v) is 11.3. The summed E-state index contributed by atoms with van der Waals surface area (Å²) in [6.07, 6.45) is 6.51. The minimum Gasteiger partial charge on any atom is -0.236 e. The van der Waals surface area contributed by atoms with Gasteiger partial charge < -0.3 is 0 Å². The van der Waals surface area contributed by atoms with Crippen LogP contribution in [0.25, 0.3) is 11.4 Å². The van der Waals surface area contributed by atoms with E-state index in [-0.39, 0.29) is 0 Å². The molecule has 2 aromatic rings. The lowest BCUT2D eigenvalue weighted by atomic mass is 9.97. The van der Waals surface area contributed by atoms with E-state index in [1.165, 1.54) is 24.1 Å². The molecule has 0 amide bonds. The van der Waals surface area contributed by atoms with Gasteiger partial charge in [-0.15, -0.1) is 0 Å². The third-order valence-corrected chi connectivity index (χ3v) is 3.62. The number of benzene rings is 1. The highest BCUT2D eigenvalue weighted by Gasteiger charge is 2.13. The Morgan fingerprint density at radius 2 is 1.67 bits per heavy atom. The summed E-state index contributed by atoms with van der Waals surface area (Å²) in [6, 6.07) is 5.40. The van der Waals surface area contributed by atoms with Crippen LogP contribution in [-0.2, 0) is 12.8 Å². The molecule has 0 bridgehead atoms. The van der Waals surface area contributed by atoms with Crippen molar-refractivity contribution >= 4 is 23.2 Å². The standard InChI is InChI=1S/C14H12Cl2N2/c15-11-5-10(6-12(16)7-11)14-17-8-9-3-1-2-4-13(9)18-14/h5-8H,1-4H2. The lowest BCUT2D eigenvalue weighted by molar-refractivity contribution is 0.663. The molecule has 0 unspecified atom stereocenters. The predicted molar refractivity (Wildman–Crippen MR) is 74.1 cm³/mol. The largest absolute Gasteiger partial charge is 0.236 e. The van der Waals surface area contributed by atoms with Gasteiger partial charge in [0.2, 0.25) is 0 Å². The number of nitrogens with zero attached hydrogens (tertiary/aromatic N) is 2. The van der Waals surface area contributed by atoms with Crippen LogP contribution in [0.4, 0.5) is 0 Å². The zero-order valence-electron chi connectivity index (χ0n) is 9.79. The van der Waals surface area contributed by atoms with Crippen molar-refractivity contribution in [2.75, 3.05) is 0 Å². The molecule has 0 N–H and O–H groups in total. The fourth-order valence-electron chi connectivity index (χ4n) is 2.30. The van der Waals surface area contributed by atoms with Gasteiger partial charge in [0, 0.05) is 27.5 Å². The number of fused-ring (bicyclic) bond motifs is 1. The van der Waals surface area contributed by atoms with Crippen LogP contribution in [0.3, 0.4) is 0 Å². The van der Waals surface area contributed by atoms with Crippen molar-refractivity contribution in [1.82, 2.24) is 9.97 Å². The molecule has 1 aromatic carbocycles. The highest BCUT2D eigenvalue weighted by atomic mass is 35.5. The molecule has 1 aliphatic carbocycles. The Morgan fingerprint density at radius 3 is 2.44 bits per heavy atom. The van der Waals surface area contributed by atoms with Gasteiger partial charge in [-0.3, -0.25) is 0 Å². The lowest BCUT2D eigenvalue weighted by Gasteiger charge is -2.14. The Morgan fingerprint density at radius 1 is 0.944 bits per heavy atom. The zero-order chi connectivity index (χ0) is 12.5. The van der Waals surface area contributed by atoms with Crippen LogP contribution >= 0.6 is 23.2 Å². The predicted octanol–water partition coefficient (Wildman–Crippen LogP) is 4.33. The molecule has 18 heavy (non-hydrogen) atoms. The molecule has 1 aliphatic rings. The van der Waals surface area contributed by atoms with E-state index in [1.807, 2.05) is 18.3 Å². The maximum Gasteiger partial charge on any atom is 0.159 e. The molecule has 0 spiro atoms. The second-order valence-corrected chi connectivity index (χ2v) is 5.40. The fourth-order valence-corrected chi connectivity index (χ4v) is 2.82. The summed E-state index contributed by atoms with van der Waals surface area (Å²) in [7, 11) is 0. The summed E-state index contributed by atoms with van der Waals surface area (Å²) >= 11 is 12.0. The van der Waals surface area contributed by atoms with Crippen LogP contribution in [0.1, 0.15) is 24.1 Å². The summed E-state index contributed by atoms with van der Waals surface area (Å²) in [5, 5.41) is 1.22. The average Bonchev–Trinajstić information content (AvgIpc) is 2.37. The first-order valence-corrected chi connectivity index (χ1v) is 6.79. The first kappa shape index (κ1) is 11.9. The Labute approximate surface area is 116 Å². The molecule has 0 saturated carbocycles. The smallest absolute Gasteiger partial charge is 0.159 e. The SMILES string of the molecule is Clc1cc(Cl)cc(-c2ncc3c(n2)CCCC3)c1. The number of aryl methyl sites for hydroxylation is 2. The van der Waals surface area contributed by atoms with Crippen LogP contribution < -0.4 is 0 Å². The molecule has 2 nitrogen and oxygen atoms in total. The van der Waals surface area contributed by atoms with E-state index in [0.717, 1.165) is 18.4 Å². The van der Waals surface area contributed by atoms with E-state index in [2.05, 4.69) is 9.97 Å². The van der Waals surface area contributed by atoms with E-state index in [4.69, 9.17) is 23.2 Å². The Kier molecular flexibility index (Phi) is 3.23. The topological polar surface area (TPSA) is 25.8 Å². The van der Waals surface area contributed by atoms with Gasteiger partial charge in [0.05, 0.1) is 0 Å². The molecule has 92 valence electrons. The van der Waals surface area contributed by atoms with Gasteiger partial charge in [-0.25, -0.2) is 9.97 Å². The van der Waals surface area contributed by atoms with E-state index in [1.54, 1.807) is 6.07 Å². The molecule has 0 aliphatic heterocycles. The van der Waals surface area contributed by atoms with Gasteiger partial charge in [0.25, 0.3) is 0 Å². The molecular formula is C14H12Cl2N2. The van der Waals surface area contributed by atoms with Crippen LogP contribution in [0.2, 0.25) is 10.0 Å². The Balaban J connectivity index is 2.06. The molecule has 0 atom stereocenters. The van der Waals surface area contributed by atoms with Crippen molar-refractivity contribution in [3.8, 4) is 11.4 Å². The number of aromatic nitrogens is 2. The van der Waals surface area contributed by atoms with E-state index in [0.29, 0.717) is 15.9 Å². The van der Waals surface area contributed by atoms with Crippen molar-refractivity contribution in [2.24, 2.45) is 0 Å². The second kappa shape index (κ2) is 4.87. The van der Waals surface area contributed by atoms with Gasteiger partial charge >= 0.3 is 0 Å². The minimum atomic E-state index is 0.610. The molecule has 0 fully saturated rings. The summed E-state index contributed by atoms with van der Waals surface area (Å²) in [5.74, 6) is 0.708. The lowest BCUT2D eigenvalue weighted by Crippen LogP contribution is -2.07. The van der Waals surface area contributed by atoms with Gasteiger partial charge in [-0.05, 0) is 49.4 Å². The second-order valence-electron chi connectivity index (χ2n) is 4.53. The molecule has 1 aromatic heterocycles. The molecule has 0 radical (unpaired) electrons. The first-order chi connectivity index (χ1) is 8.72. The first-order valence-electron chi connectivity index (χ1n) is 6.03. The van der Waals surface area contributed by atoms with Gasteiger partial charge in [-0.1, -0.05) is 23.2 Å². The highest BCUT2D eigenvalue weighted by Crippen LogP contribution is 2.27. The van der Waals surface area contributed by atoms with Crippen LogP contribution in [0, 0.1) is 0 Å². The number of hydrogen-bond acceptors (Lipinski definition) is 2. The quantitative estimate of drug-likeness (QED) is 0.776. The van der Waals surface area contributed by atoms with Gasteiger partial charge in [0.1, 0.15) is 0 Å². The van der Waals surface area contributed by atoms with Crippen LogP contribution in [0.15, 0.2) is 24.4 Å². The maximum atomic E-state index is 6.00. The summed E-state index contributed by atoms with van der Waals surface area (Å²) in [6.45, 7) is 0. The van der Waals surface area contributed by atoms with Gasteiger partial charge in [0.15, 0.2) is 5.82 Å². The summed E-state index contributed by atoms with van der Waals surface area (Å²) < 4.78 is 0. The number of rotatable bonds is 1. The van der Waals surface area contributed by atoms with Crippen molar-refractivity contribution in [1.29, 1.82) is 0 Å². The van der Waals surface area contributed by atoms with Gasteiger partial charge in [-0.2, -0.15) is 0 Å². The molecule has 4 heteroatoms. The third-order valence-electron chi connectivity index (χ3n) is 3.18. The normalized spacial score (nSPS) is 14.3. The average molecular weight is 279 g/mol. The molecule has 3 rings (SSSR count). The summed E-state index contributed by atoms with van der Waals surface area (Å²) in [5.41, 5.74) is 3.32. The van der Waals surface area contributed by atoms with Crippen molar-refractivity contribution in [2.45, 2.75) is 25.7 Å². The van der Waals surface area contributed by atoms with E-state index in [9.17, 15) is 0 Å². The van der Waals surface area contributed by atoms with E-state index >= 15 is 0 Å². The Hall–Kier alpha value is -1.12. The highest BCUT2D eigenvalue weighted by molar-refractivity contribution is 6.35. The van der Waals surface area contributed by atoms with Crippen molar-refractivity contribution in [3.05, 3.63) is 45.7 Å². The fraction of sp³-hybridized carbons (Fsp3) is 0.286.